The van der Waals surface area contributed by atoms with Crippen LogP contribution in [0.25, 0.3) is 0 Å². The van der Waals surface area contributed by atoms with Crippen LogP contribution in [0.1, 0.15) is 40.5 Å². The minimum absolute atomic E-state index is 0. The summed E-state index contributed by atoms with van der Waals surface area (Å²) in [4.78, 5) is 0. The second-order valence-electron chi connectivity index (χ2n) is 3.55. The van der Waals surface area contributed by atoms with Crippen LogP contribution in [0.5, 0.6) is 0 Å². The van der Waals surface area contributed by atoms with Crippen molar-refractivity contribution >= 4 is 39.0 Å². The SMILES string of the molecule is CC(C)CCBr.[Br-].[CH2-]CC(C)C.[Mg+2]. The standard InChI is InChI=1S/C5H11Br.C5H11.BrH.Mg/c1-5(2)3-4-6;1-4-5(2)3;;/h5H,3-4H2,1-2H3;5H,1,4H2,2-3H3;1H;/q;-1;;+2/p-1. The molecule has 0 aliphatic carbocycles. The molecular formula is C10H22Br2Mg. The summed E-state index contributed by atoms with van der Waals surface area (Å²) >= 11 is 3.35. The van der Waals surface area contributed by atoms with Gasteiger partial charge >= 0.3 is 23.1 Å². The van der Waals surface area contributed by atoms with E-state index in [1.807, 2.05) is 0 Å². The topological polar surface area (TPSA) is 0 Å². The number of halogens is 2. The predicted octanol–water partition coefficient (Wildman–Crippen LogP) is 0.917. The van der Waals surface area contributed by atoms with E-state index < -0.39 is 0 Å². The monoisotopic (exact) mass is 324 g/mol. The molecule has 0 aromatic carbocycles. The minimum atomic E-state index is 0. The van der Waals surface area contributed by atoms with E-state index in [4.69, 9.17) is 0 Å². The summed E-state index contributed by atoms with van der Waals surface area (Å²) in [6.07, 6.45) is 2.35. The molecule has 0 atom stereocenters. The van der Waals surface area contributed by atoms with Crippen molar-refractivity contribution in [1.29, 1.82) is 0 Å². The molecule has 0 aliphatic rings. The molecule has 0 amide bonds. The van der Waals surface area contributed by atoms with Gasteiger partial charge in [-0.3, -0.25) is 0 Å². The molecule has 0 aliphatic heterocycles. The van der Waals surface area contributed by atoms with Crippen molar-refractivity contribution in [3.63, 3.8) is 0 Å². The summed E-state index contributed by atoms with van der Waals surface area (Å²) in [5.74, 6) is 1.62. The molecule has 0 fully saturated rings. The van der Waals surface area contributed by atoms with Crippen molar-refractivity contribution in [2.24, 2.45) is 11.8 Å². The molecule has 0 N–H and O–H groups in total. The van der Waals surface area contributed by atoms with Gasteiger partial charge in [0.25, 0.3) is 0 Å². The van der Waals surface area contributed by atoms with Crippen LogP contribution in [0.15, 0.2) is 0 Å². The quantitative estimate of drug-likeness (QED) is 0.411. The van der Waals surface area contributed by atoms with Gasteiger partial charge < -0.3 is 23.9 Å². The van der Waals surface area contributed by atoms with Crippen molar-refractivity contribution < 1.29 is 17.0 Å². The molecule has 0 aromatic rings. The number of alkyl halides is 1. The van der Waals surface area contributed by atoms with Gasteiger partial charge in [0.05, 0.1) is 0 Å². The van der Waals surface area contributed by atoms with Crippen LogP contribution in [0, 0.1) is 18.8 Å². The average Bonchev–Trinajstić information content (AvgIpc) is 1.89. The van der Waals surface area contributed by atoms with Crippen LogP contribution in [0.4, 0.5) is 0 Å². The molecule has 0 saturated carbocycles. The van der Waals surface area contributed by atoms with Crippen molar-refractivity contribution in [2.75, 3.05) is 5.33 Å². The summed E-state index contributed by atoms with van der Waals surface area (Å²) in [5, 5.41) is 1.14. The maximum Gasteiger partial charge on any atom is 2.00 e. The van der Waals surface area contributed by atoms with Crippen LogP contribution in [0.2, 0.25) is 0 Å². The fourth-order valence-corrected chi connectivity index (χ4v) is 1.13. The molecule has 0 spiro atoms. The predicted molar refractivity (Wildman–Crippen MR) is 63.8 cm³/mol. The van der Waals surface area contributed by atoms with E-state index in [0.717, 1.165) is 23.6 Å². The van der Waals surface area contributed by atoms with E-state index in [-0.39, 0.29) is 40.0 Å². The summed E-state index contributed by atoms with van der Waals surface area (Å²) in [5.41, 5.74) is 0. The minimum Gasteiger partial charge on any atom is -1.00 e. The molecule has 0 aromatic heterocycles. The Hall–Kier alpha value is 1.73. The molecular weight excluding hydrogens is 304 g/mol. The van der Waals surface area contributed by atoms with Gasteiger partial charge in [0, 0.05) is 5.33 Å². The van der Waals surface area contributed by atoms with E-state index in [0.29, 0.717) is 0 Å². The second-order valence-corrected chi connectivity index (χ2v) is 4.35. The van der Waals surface area contributed by atoms with E-state index in [9.17, 15) is 0 Å². The van der Waals surface area contributed by atoms with Gasteiger partial charge in [0.15, 0.2) is 0 Å². The van der Waals surface area contributed by atoms with Crippen LogP contribution in [0.3, 0.4) is 0 Å². The van der Waals surface area contributed by atoms with E-state index in [1.165, 1.54) is 6.42 Å². The first-order valence-corrected chi connectivity index (χ1v) is 5.51. The van der Waals surface area contributed by atoms with Crippen molar-refractivity contribution in [3.05, 3.63) is 6.92 Å². The first kappa shape index (κ1) is 24.1. The van der Waals surface area contributed by atoms with Crippen molar-refractivity contribution in [2.45, 2.75) is 40.5 Å². The molecule has 0 bridgehead atoms. The molecule has 0 saturated heterocycles. The Kier molecular flexibility index (Phi) is 35.8. The summed E-state index contributed by atoms with van der Waals surface area (Å²) in [7, 11) is 0. The number of hydrogen-bond acceptors (Lipinski definition) is 0. The van der Waals surface area contributed by atoms with E-state index in [1.54, 1.807) is 0 Å². The smallest absolute Gasteiger partial charge is 1.00 e. The normalized spacial score (nSPS) is 8.31. The molecule has 0 nitrogen and oxygen atoms in total. The Labute approximate surface area is 120 Å². The maximum atomic E-state index is 3.69. The molecule has 13 heavy (non-hydrogen) atoms. The maximum absolute atomic E-state index is 3.69. The van der Waals surface area contributed by atoms with E-state index in [2.05, 4.69) is 50.5 Å². The van der Waals surface area contributed by atoms with Gasteiger partial charge in [-0.1, -0.05) is 49.5 Å². The number of rotatable bonds is 3. The van der Waals surface area contributed by atoms with E-state index >= 15 is 0 Å². The van der Waals surface area contributed by atoms with Gasteiger partial charge in [-0.25, -0.2) is 0 Å². The Morgan fingerprint density at radius 3 is 1.38 bits per heavy atom. The molecule has 3 heteroatoms. The van der Waals surface area contributed by atoms with Gasteiger partial charge in [-0.15, -0.1) is 0 Å². The zero-order valence-corrected chi connectivity index (χ0v) is 14.0. The van der Waals surface area contributed by atoms with Crippen molar-refractivity contribution in [3.8, 4) is 0 Å². The van der Waals surface area contributed by atoms with Gasteiger partial charge in [-0.2, -0.15) is 6.42 Å². The van der Waals surface area contributed by atoms with Crippen LogP contribution < -0.4 is 17.0 Å². The van der Waals surface area contributed by atoms with Crippen LogP contribution >= 0.6 is 15.9 Å². The summed E-state index contributed by atoms with van der Waals surface area (Å²) in [6.45, 7) is 12.5. The Bertz CT molecular complexity index is 65.9. The van der Waals surface area contributed by atoms with Gasteiger partial charge in [0.1, 0.15) is 0 Å². The van der Waals surface area contributed by atoms with Gasteiger partial charge in [-0.05, 0) is 12.3 Å². The molecule has 0 heterocycles. The van der Waals surface area contributed by atoms with Crippen LogP contribution in [-0.2, 0) is 0 Å². The van der Waals surface area contributed by atoms with Crippen molar-refractivity contribution in [1.82, 2.24) is 0 Å². The Balaban J connectivity index is -0.0000000546. The summed E-state index contributed by atoms with van der Waals surface area (Å²) in [6, 6.07) is 0. The molecule has 0 radical (unpaired) electrons. The molecule has 0 unspecified atom stereocenters. The van der Waals surface area contributed by atoms with Crippen LogP contribution in [-0.4, -0.2) is 28.4 Å². The third-order valence-corrected chi connectivity index (χ3v) is 1.72. The third-order valence-electron chi connectivity index (χ3n) is 1.26. The average molecular weight is 326 g/mol. The first-order valence-electron chi connectivity index (χ1n) is 4.39. The third kappa shape index (κ3) is 41.7. The zero-order valence-electron chi connectivity index (χ0n) is 9.45. The largest absolute Gasteiger partial charge is 2.00 e. The second kappa shape index (κ2) is 19.3. The molecule has 78 valence electrons. The Morgan fingerprint density at radius 1 is 1.08 bits per heavy atom. The zero-order chi connectivity index (χ0) is 9.28. The fraction of sp³-hybridized carbons (Fsp3) is 0.900. The number of hydrogen-bond donors (Lipinski definition) is 0. The first-order chi connectivity index (χ1) is 5.04. The molecule has 0 rings (SSSR count). The Morgan fingerprint density at radius 2 is 1.38 bits per heavy atom. The summed E-state index contributed by atoms with van der Waals surface area (Å²) < 4.78 is 0. The fourth-order valence-electron chi connectivity index (χ4n) is 0.218. The van der Waals surface area contributed by atoms with Gasteiger partial charge in [0.2, 0.25) is 0 Å².